The third-order valence-corrected chi connectivity index (χ3v) is 5.77. The highest BCUT2D eigenvalue weighted by Crippen LogP contribution is 2.32. The fourth-order valence-corrected chi connectivity index (χ4v) is 4.38. The number of carbonyl (C=O) groups excluding carboxylic acids is 1. The summed E-state index contributed by atoms with van der Waals surface area (Å²) >= 11 is 0. The number of anilines is 1. The molecule has 2 aromatic carbocycles. The maximum absolute atomic E-state index is 12.7. The first-order valence-corrected chi connectivity index (χ1v) is 9.91. The number of para-hydroxylation sites is 1. The molecule has 0 saturated heterocycles. The third-order valence-electron chi connectivity index (χ3n) is 4.56. The molecule has 1 atom stereocenters. The molecule has 1 unspecified atom stereocenters. The van der Waals surface area contributed by atoms with Gasteiger partial charge in [0.15, 0.2) is 0 Å². The molecule has 26 heavy (non-hydrogen) atoms. The summed E-state index contributed by atoms with van der Waals surface area (Å²) in [5, 5.41) is 7.64. The summed E-state index contributed by atoms with van der Waals surface area (Å²) in [6.07, 6.45) is 0. The van der Waals surface area contributed by atoms with E-state index in [1.165, 1.54) is 0 Å². The molecule has 1 aliphatic rings. The number of benzene rings is 2. The molecule has 1 aliphatic heterocycles. The molecular formula is C20H19N3O2S. The van der Waals surface area contributed by atoms with Gasteiger partial charge < -0.3 is 5.32 Å². The van der Waals surface area contributed by atoms with Crippen molar-refractivity contribution in [2.24, 2.45) is 0 Å². The number of amides is 1. The van der Waals surface area contributed by atoms with Crippen LogP contribution in [0.2, 0.25) is 0 Å². The van der Waals surface area contributed by atoms with Crippen molar-refractivity contribution in [2.75, 3.05) is 5.32 Å². The Kier molecular flexibility index (Phi) is 4.20. The van der Waals surface area contributed by atoms with Crippen LogP contribution >= 0.6 is 0 Å². The molecule has 2 heterocycles. The summed E-state index contributed by atoms with van der Waals surface area (Å²) in [5.74, 6) is 1.28. The highest BCUT2D eigenvalue weighted by Gasteiger charge is 2.28. The van der Waals surface area contributed by atoms with Gasteiger partial charge in [-0.05, 0) is 37.6 Å². The van der Waals surface area contributed by atoms with Crippen molar-refractivity contribution in [3.05, 3.63) is 76.5 Å². The fraction of sp³-hybridized carbons (Fsp3) is 0.200. The van der Waals surface area contributed by atoms with Crippen LogP contribution in [0.3, 0.4) is 0 Å². The van der Waals surface area contributed by atoms with Crippen molar-refractivity contribution < 1.29 is 9.00 Å². The predicted molar refractivity (Wildman–Crippen MR) is 103 cm³/mol. The lowest BCUT2D eigenvalue weighted by Crippen LogP contribution is -2.17. The van der Waals surface area contributed by atoms with Crippen LogP contribution in [-0.2, 0) is 22.3 Å². The van der Waals surface area contributed by atoms with Gasteiger partial charge in [-0.15, -0.1) is 0 Å². The van der Waals surface area contributed by atoms with E-state index in [0.29, 0.717) is 22.9 Å². The van der Waals surface area contributed by atoms with Crippen molar-refractivity contribution in [1.29, 1.82) is 0 Å². The summed E-state index contributed by atoms with van der Waals surface area (Å²) in [6, 6.07) is 15.3. The van der Waals surface area contributed by atoms with Gasteiger partial charge >= 0.3 is 0 Å². The van der Waals surface area contributed by atoms with Crippen molar-refractivity contribution in [3.63, 3.8) is 0 Å². The molecule has 0 spiro atoms. The van der Waals surface area contributed by atoms with Gasteiger partial charge in [-0.1, -0.05) is 35.9 Å². The SMILES string of the molecule is Cc1ccc(C(=O)Nc2c3c(nn2-c2ccccc2C)CS(=O)C3)cc1. The first kappa shape index (κ1) is 16.7. The summed E-state index contributed by atoms with van der Waals surface area (Å²) in [4.78, 5) is 12.7. The summed E-state index contributed by atoms with van der Waals surface area (Å²) in [5.41, 5.74) is 5.31. The lowest BCUT2D eigenvalue weighted by molar-refractivity contribution is 0.102. The first-order valence-electron chi connectivity index (χ1n) is 8.42. The topological polar surface area (TPSA) is 64.0 Å². The normalized spacial score (nSPS) is 15.7. The molecule has 0 fully saturated rings. The van der Waals surface area contributed by atoms with Crippen molar-refractivity contribution in [1.82, 2.24) is 9.78 Å². The van der Waals surface area contributed by atoms with E-state index in [2.05, 4.69) is 10.4 Å². The molecule has 4 rings (SSSR count). The molecular weight excluding hydrogens is 346 g/mol. The van der Waals surface area contributed by atoms with Gasteiger partial charge in [-0.25, -0.2) is 4.68 Å². The second-order valence-electron chi connectivity index (χ2n) is 6.52. The van der Waals surface area contributed by atoms with Crippen molar-refractivity contribution in [3.8, 4) is 5.69 Å². The summed E-state index contributed by atoms with van der Waals surface area (Å²) in [7, 11) is -0.958. The molecule has 1 amide bonds. The van der Waals surface area contributed by atoms with E-state index in [-0.39, 0.29) is 5.91 Å². The Labute approximate surface area is 154 Å². The van der Waals surface area contributed by atoms with E-state index in [4.69, 9.17) is 0 Å². The Bertz CT molecular complexity index is 1020. The number of hydrogen-bond acceptors (Lipinski definition) is 3. The Hall–Kier alpha value is -2.73. The van der Waals surface area contributed by atoms with E-state index in [1.807, 2.05) is 50.2 Å². The minimum atomic E-state index is -0.958. The average molecular weight is 365 g/mol. The lowest BCUT2D eigenvalue weighted by Gasteiger charge is -2.13. The highest BCUT2D eigenvalue weighted by atomic mass is 32.2. The van der Waals surface area contributed by atoms with Crippen LogP contribution < -0.4 is 5.32 Å². The number of aryl methyl sites for hydroxylation is 2. The summed E-state index contributed by atoms with van der Waals surface area (Å²) in [6.45, 7) is 3.99. The van der Waals surface area contributed by atoms with Gasteiger partial charge in [-0.2, -0.15) is 5.10 Å². The second-order valence-corrected chi connectivity index (χ2v) is 7.98. The highest BCUT2D eigenvalue weighted by molar-refractivity contribution is 7.83. The number of rotatable bonds is 3. The number of hydrogen-bond donors (Lipinski definition) is 1. The van der Waals surface area contributed by atoms with Gasteiger partial charge in [0.25, 0.3) is 5.91 Å². The van der Waals surface area contributed by atoms with Crippen LogP contribution in [0.4, 0.5) is 5.82 Å². The molecule has 1 N–H and O–H groups in total. The van der Waals surface area contributed by atoms with Crippen LogP contribution in [-0.4, -0.2) is 19.9 Å². The Morgan fingerprint density at radius 3 is 2.54 bits per heavy atom. The average Bonchev–Trinajstić information content (AvgIpc) is 3.13. The second kappa shape index (κ2) is 6.53. The molecule has 0 aliphatic carbocycles. The first-order chi connectivity index (χ1) is 12.5. The Morgan fingerprint density at radius 2 is 1.81 bits per heavy atom. The molecule has 132 valence electrons. The van der Waals surface area contributed by atoms with Crippen LogP contribution in [0.1, 0.15) is 32.7 Å². The number of aromatic nitrogens is 2. The van der Waals surface area contributed by atoms with Gasteiger partial charge in [0.05, 0.1) is 22.9 Å². The number of nitrogens with one attached hydrogen (secondary N) is 1. The van der Waals surface area contributed by atoms with Crippen molar-refractivity contribution >= 4 is 22.5 Å². The third kappa shape index (κ3) is 2.97. The Morgan fingerprint density at radius 1 is 1.08 bits per heavy atom. The van der Waals surface area contributed by atoms with Crippen LogP contribution in [0.25, 0.3) is 5.69 Å². The standard InChI is InChI=1S/C20H19N3O2S/c1-13-7-9-15(10-8-13)20(24)21-19-16-11-26(25)12-17(16)22-23(19)18-6-4-3-5-14(18)2/h3-10H,11-12H2,1-2H3,(H,21,24). The molecule has 0 saturated carbocycles. The largest absolute Gasteiger partial charge is 0.306 e. The molecule has 1 aromatic heterocycles. The molecule has 0 radical (unpaired) electrons. The number of fused-ring (bicyclic) bond motifs is 1. The minimum absolute atomic E-state index is 0.194. The zero-order chi connectivity index (χ0) is 18.3. The van der Waals surface area contributed by atoms with Gasteiger partial charge in [-0.3, -0.25) is 9.00 Å². The van der Waals surface area contributed by atoms with Crippen LogP contribution in [0, 0.1) is 13.8 Å². The van der Waals surface area contributed by atoms with Gasteiger partial charge in [0, 0.05) is 21.9 Å². The van der Waals surface area contributed by atoms with Crippen LogP contribution in [0.15, 0.2) is 48.5 Å². The number of nitrogens with zero attached hydrogens (tertiary/aromatic N) is 2. The molecule has 0 bridgehead atoms. The Balaban J connectivity index is 1.77. The quantitative estimate of drug-likeness (QED) is 0.773. The van der Waals surface area contributed by atoms with Crippen molar-refractivity contribution in [2.45, 2.75) is 25.4 Å². The summed E-state index contributed by atoms with van der Waals surface area (Å²) < 4.78 is 13.7. The molecule has 3 aromatic rings. The molecule has 6 heteroatoms. The lowest BCUT2D eigenvalue weighted by atomic mass is 10.1. The van der Waals surface area contributed by atoms with E-state index in [9.17, 15) is 9.00 Å². The molecule has 5 nitrogen and oxygen atoms in total. The van der Waals surface area contributed by atoms with E-state index >= 15 is 0 Å². The van der Waals surface area contributed by atoms with E-state index in [0.717, 1.165) is 28.1 Å². The number of carbonyl (C=O) groups is 1. The maximum atomic E-state index is 12.7. The van der Waals surface area contributed by atoms with E-state index in [1.54, 1.807) is 16.8 Å². The monoisotopic (exact) mass is 365 g/mol. The van der Waals surface area contributed by atoms with E-state index < -0.39 is 10.8 Å². The van der Waals surface area contributed by atoms with Gasteiger partial charge in [0.2, 0.25) is 0 Å². The zero-order valence-corrected chi connectivity index (χ0v) is 15.5. The van der Waals surface area contributed by atoms with Crippen LogP contribution in [0.5, 0.6) is 0 Å². The zero-order valence-electron chi connectivity index (χ0n) is 14.7. The predicted octanol–water partition coefficient (Wildman–Crippen LogP) is 3.50. The fourth-order valence-electron chi connectivity index (χ4n) is 3.12. The maximum Gasteiger partial charge on any atom is 0.256 e. The van der Waals surface area contributed by atoms with Gasteiger partial charge in [0.1, 0.15) is 5.82 Å². The smallest absolute Gasteiger partial charge is 0.256 e. The minimum Gasteiger partial charge on any atom is -0.306 e.